The second-order valence-corrected chi connectivity index (χ2v) is 5.51. The number of carbonyl (C=O) groups excluding carboxylic acids is 1. The van der Waals surface area contributed by atoms with Crippen molar-refractivity contribution in [3.05, 3.63) is 12.5 Å². The van der Waals surface area contributed by atoms with Crippen molar-refractivity contribution < 1.29 is 9.21 Å². The van der Waals surface area contributed by atoms with E-state index in [1.54, 1.807) is 0 Å². The van der Waals surface area contributed by atoms with E-state index in [2.05, 4.69) is 27.6 Å². The van der Waals surface area contributed by atoms with E-state index in [1.165, 1.54) is 31.7 Å². The highest BCUT2D eigenvalue weighted by atomic mass is 16.4. The molecule has 3 heterocycles. The van der Waals surface area contributed by atoms with Crippen molar-refractivity contribution in [2.24, 2.45) is 0 Å². The van der Waals surface area contributed by atoms with Crippen LogP contribution in [0.15, 0.2) is 16.9 Å². The summed E-state index contributed by atoms with van der Waals surface area (Å²) in [6, 6.07) is 1.49. The van der Waals surface area contributed by atoms with Crippen molar-refractivity contribution in [3.8, 4) is 0 Å². The van der Waals surface area contributed by atoms with Crippen LogP contribution in [0.1, 0.15) is 32.1 Å². The van der Waals surface area contributed by atoms with Crippen LogP contribution in [-0.2, 0) is 0 Å². The molecular weight excluding hydrogens is 244 g/mol. The van der Waals surface area contributed by atoms with Gasteiger partial charge < -0.3 is 14.6 Å². The van der Waals surface area contributed by atoms with Crippen LogP contribution < -0.4 is 10.6 Å². The van der Waals surface area contributed by atoms with Gasteiger partial charge in [-0.2, -0.15) is 0 Å². The maximum absolute atomic E-state index is 11.8. The zero-order chi connectivity index (χ0) is 13.2. The van der Waals surface area contributed by atoms with Gasteiger partial charge in [-0.05, 0) is 32.7 Å². The topological polar surface area (TPSA) is 70.4 Å². The molecular formula is C13H20N4O2. The molecule has 1 aromatic rings. The second kappa shape index (κ2) is 5.21. The Morgan fingerprint density at radius 2 is 2.16 bits per heavy atom. The number of anilines is 1. The lowest BCUT2D eigenvalue weighted by molar-refractivity contribution is 0.0513. The largest absolute Gasteiger partial charge is 0.432 e. The molecule has 2 aliphatic heterocycles. The molecule has 1 aromatic heterocycles. The Bertz CT molecular complexity index is 420. The molecule has 2 fully saturated rings. The van der Waals surface area contributed by atoms with Crippen LogP contribution in [0.5, 0.6) is 0 Å². The van der Waals surface area contributed by atoms with Gasteiger partial charge in [0, 0.05) is 18.1 Å². The average molecular weight is 264 g/mol. The van der Waals surface area contributed by atoms with Crippen LogP contribution in [0, 0.1) is 0 Å². The number of carbonyl (C=O) groups is 1. The third-order valence-corrected chi connectivity index (χ3v) is 4.33. The summed E-state index contributed by atoms with van der Waals surface area (Å²) in [5.74, 6) is 0. The van der Waals surface area contributed by atoms with E-state index < -0.39 is 0 Å². The van der Waals surface area contributed by atoms with Crippen molar-refractivity contribution in [2.75, 3.05) is 12.4 Å². The maximum atomic E-state index is 11.8. The Morgan fingerprint density at radius 3 is 2.79 bits per heavy atom. The number of urea groups is 1. The lowest BCUT2D eigenvalue weighted by atomic mass is 9.82. The van der Waals surface area contributed by atoms with Crippen molar-refractivity contribution in [3.63, 3.8) is 0 Å². The van der Waals surface area contributed by atoms with Crippen LogP contribution in [0.2, 0.25) is 0 Å². The molecule has 0 saturated carbocycles. The van der Waals surface area contributed by atoms with Crippen LogP contribution >= 0.6 is 0 Å². The zero-order valence-corrected chi connectivity index (χ0v) is 11.1. The number of aromatic nitrogens is 1. The van der Waals surface area contributed by atoms with Gasteiger partial charge in [0.2, 0.25) is 0 Å². The quantitative estimate of drug-likeness (QED) is 0.854. The number of hydrogen-bond donors (Lipinski definition) is 2. The predicted molar refractivity (Wildman–Crippen MR) is 70.9 cm³/mol. The summed E-state index contributed by atoms with van der Waals surface area (Å²) < 4.78 is 4.99. The number of hydrogen-bond acceptors (Lipinski definition) is 4. The first-order chi connectivity index (χ1) is 9.22. The molecule has 0 aromatic carbocycles. The summed E-state index contributed by atoms with van der Waals surface area (Å²) in [5, 5.41) is 5.63. The molecule has 2 atom stereocenters. The Labute approximate surface area is 112 Å². The maximum Gasteiger partial charge on any atom is 0.323 e. The summed E-state index contributed by atoms with van der Waals surface area (Å²) in [6.07, 6.45) is 8.82. The molecule has 0 aliphatic carbocycles. The Kier molecular flexibility index (Phi) is 3.42. The smallest absolute Gasteiger partial charge is 0.323 e. The van der Waals surface area contributed by atoms with E-state index in [-0.39, 0.29) is 18.1 Å². The first kappa shape index (κ1) is 12.5. The van der Waals surface area contributed by atoms with Crippen molar-refractivity contribution >= 4 is 12.0 Å². The minimum atomic E-state index is -0.227. The van der Waals surface area contributed by atoms with Gasteiger partial charge in [0.15, 0.2) is 0 Å². The molecule has 6 heteroatoms. The molecule has 2 aliphatic rings. The number of fused-ring (bicyclic) bond motifs is 2. The van der Waals surface area contributed by atoms with Crippen LogP contribution in [-0.4, -0.2) is 41.1 Å². The van der Waals surface area contributed by atoms with Gasteiger partial charge in [-0.15, -0.1) is 0 Å². The Balaban J connectivity index is 1.54. The number of piperidine rings is 2. The summed E-state index contributed by atoms with van der Waals surface area (Å²) in [7, 11) is 2.21. The van der Waals surface area contributed by atoms with Gasteiger partial charge in [0.05, 0.1) is 6.20 Å². The first-order valence-corrected chi connectivity index (χ1v) is 6.91. The molecule has 2 saturated heterocycles. The van der Waals surface area contributed by atoms with Crippen molar-refractivity contribution in [1.29, 1.82) is 0 Å². The van der Waals surface area contributed by atoms with E-state index in [4.69, 9.17) is 4.42 Å². The second-order valence-electron chi connectivity index (χ2n) is 5.51. The summed E-state index contributed by atoms with van der Waals surface area (Å²) in [6.45, 7) is 0. The van der Waals surface area contributed by atoms with Gasteiger partial charge in [-0.3, -0.25) is 5.32 Å². The fraction of sp³-hybridized carbons (Fsp3) is 0.692. The van der Waals surface area contributed by atoms with E-state index in [1.807, 2.05) is 0 Å². The minimum Gasteiger partial charge on any atom is -0.432 e. The Hall–Kier alpha value is -1.56. The van der Waals surface area contributed by atoms with Gasteiger partial charge >= 0.3 is 12.0 Å². The molecule has 2 unspecified atom stereocenters. The fourth-order valence-corrected chi connectivity index (χ4v) is 3.34. The van der Waals surface area contributed by atoms with E-state index in [9.17, 15) is 4.79 Å². The molecule has 3 rings (SSSR count). The lowest BCUT2D eigenvalue weighted by Gasteiger charge is -2.47. The number of nitrogens with one attached hydrogen (secondary N) is 2. The monoisotopic (exact) mass is 264 g/mol. The molecule has 2 N–H and O–H groups in total. The molecule has 2 amide bonds. The number of amides is 2. The first-order valence-electron chi connectivity index (χ1n) is 6.91. The SMILES string of the molecule is CN1C2CCCC1CC(NC(=O)Nc1ncco1)C2. The third-order valence-electron chi connectivity index (χ3n) is 4.33. The van der Waals surface area contributed by atoms with E-state index >= 15 is 0 Å². The molecule has 0 spiro atoms. The summed E-state index contributed by atoms with van der Waals surface area (Å²) in [5.41, 5.74) is 0. The molecule has 6 nitrogen and oxygen atoms in total. The predicted octanol–water partition coefficient (Wildman–Crippen LogP) is 1.81. The lowest BCUT2D eigenvalue weighted by Crippen LogP contribution is -2.55. The highest BCUT2D eigenvalue weighted by Gasteiger charge is 2.36. The molecule has 104 valence electrons. The highest BCUT2D eigenvalue weighted by molar-refractivity contribution is 5.87. The Morgan fingerprint density at radius 1 is 1.42 bits per heavy atom. The van der Waals surface area contributed by atoms with Crippen LogP contribution in [0.25, 0.3) is 0 Å². The number of nitrogens with zero attached hydrogens (tertiary/aromatic N) is 2. The fourth-order valence-electron chi connectivity index (χ4n) is 3.34. The van der Waals surface area contributed by atoms with E-state index in [0.29, 0.717) is 12.1 Å². The van der Waals surface area contributed by atoms with E-state index in [0.717, 1.165) is 12.8 Å². The van der Waals surface area contributed by atoms with Gasteiger partial charge in [-0.25, -0.2) is 9.78 Å². The normalized spacial score (nSPS) is 30.9. The zero-order valence-electron chi connectivity index (χ0n) is 11.1. The molecule has 0 radical (unpaired) electrons. The van der Waals surface area contributed by atoms with Crippen LogP contribution in [0.4, 0.5) is 10.8 Å². The van der Waals surface area contributed by atoms with Crippen molar-refractivity contribution in [1.82, 2.24) is 15.2 Å². The van der Waals surface area contributed by atoms with Gasteiger partial charge in [0.1, 0.15) is 6.26 Å². The molecule has 19 heavy (non-hydrogen) atoms. The number of rotatable bonds is 2. The number of oxazole rings is 1. The van der Waals surface area contributed by atoms with Crippen LogP contribution in [0.3, 0.4) is 0 Å². The van der Waals surface area contributed by atoms with Crippen molar-refractivity contribution in [2.45, 2.75) is 50.2 Å². The van der Waals surface area contributed by atoms with Gasteiger partial charge in [-0.1, -0.05) is 6.42 Å². The third kappa shape index (κ3) is 2.73. The minimum absolute atomic E-state index is 0.227. The average Bonchev–Trinajstić information content (AvgIpc) is 2.83. The summed E-state index contributed by atoms with van der Waals surface area (Å²) in [4.78, 5) is 18.2. The highest BCUT2D eigenvalue weighted by Crippen LogP contribution is 2.32. The standard InChI is InChI=1S/C13H20N4O2/c1-17-10-3-2-4-11(17)8-9(7-10)15-12(18)16-13-14-5-6-19-13/h5-6,9-11H,2-4,7-8H2,1H3,(H2,14,15,16,18). The van der Waals surface area contributed by atoms with Gasteiger partial charge in [0.25, 0.3) is 0 Å². The summed E-state index contributed by atoms with van der Waals surface area (Å²) >= 11 is 0. The molecule has 2 bridgehead atoms.